The average molecular weight is 234 g/mol. The first-order valence-electron chi connectivity index (χ1n) is 5.99. The molecule has 1 heterocycles. The van der Waals surface area contributed by atoms with Crippen molar-refractivity contribution in [3.63, 3.8) is 0 Å². The van der Waals surface area contributed by atoms with E-state index in [-0.39, 0.29) is 11.5 Å². The second-order valence-electron chi connectivity index (χ2n) is 4.38. The molecule has 0 amide bonds. The second kappa shape index (κ2) is 5.12. The minimum Gasteiger partial charge on any atom is -0.481 e. The number of ether oxygens (including phenoxy) is 1. The van der Waals surface area contributed by atoms with Crippen molar-refractivity contribution >= 4 is 5.84 Å². The summed E-state index contributed by atoms with van der Waals surface area (Å²) < 4.78 is 6.50. The lowest BCUT2D eigenvalue weighted by Crippen LogP contribution is -2.34. The molecule has 5 nitrogen and oxygen atoms in total. The normalized spacial score (nSPS) is 16.8. The van der Waals surface area contributed by atoms with Crippen LogP contribution in [0.1, 0.15) is 32.1 Å². The van der Waals surface area contributed by atoms with Gasteiger partial charge in [-0.05, 0) is 12.8 Å². The fourth-order valence-electron chi connectivity index (χ4n) is 2.29. The molecule has 1 saturated carbocycles. The Labute approximate surface area is 100 Å². The SMILES string of the molecule is COc1ccn(C(=N)C2CCCCC2)c(=N)n1. The third-order valence-electron chi connectivity index (χ3n) is 3.27. The van der Waals surface area contributed by atoms with Crippen molar-refractivity contribution < 1.29 is 4.74 Å². The van der Waals surface area contributed by atoms with E-state index in [0.29, 0.717) is 11.7 Å². The number of hydrogen-bond acceptors (Lipinski definition) is 4. The van der Waals surface area contributed by atoms with Crippen LogP contribution in [0, 0.1) is 16.7 Å². The molecular weight excluding hydrogens is 216 g/mol. The van der Waals surface area contributed by atoms with Crippen molar-refractivity contribution in [2.24, 2.45) is 5.92 Å². The topological polar surface area (TPSA) is 74.8 Å². The van der Waals surface area contributed by atoms with E-state index in [1.807, 2.05) is 0 Å². The molecule has 1 aromatic rings. The van der Waals surface area contributed by atoms with Gasteiger partial charge in [-0.3, -0.25) is 15.4 Å². The van der Waals surface area contributed by atoms with Gasteiger partial charge in [-0.15, -0.1) is 0 Å². The van der Waals surface area contributed by atoms with E-state index < -0.39 is 0 Å². The summed E-state index contributed by atoms with van der Waals surface area (Å²) in [6.45, 7) is 0. The molecule has 1 aromatic heterocycles. The molecule has 0 unspecified atom stereocenters. The maximum atomic E-state index is 8.15. The molecule has 1 fully saturated rings. The van der Waals surface area contributed by atoms with Crippen LogP contribution in [0.15, 0.2) is 12.3 Å². The van der Waals surface area contributed by atoms with E-state index >= 15 is 0 Å². The van der Waals surface area contributed by atoms with E-state index in [1.54, 1.807) is 16.8 Å². The molecule has 0 aliphatic heterocycles. The van der Waals surface area contributed by atoms with Crippen LogP contribution >= 0.6 is 0 Å². The summed E-state index contributed by atoms with van der Waals surface area (Å²) in [6, 6.07) is 1.69. The van der Waals surface area contributed by atoms with Gasteiger partial charge in [-0.1, -0.05) is 19.3 Å². The van der Waals surface area contributed by atoms with Gasteiger partial charge in [0.05, 0.1) is 7.11 Å². The fraction of sp³-hybridized carbons (Fsp3) is 0.583. The molecule has 92 valence electrons. The van der Waals surface area contributed by atoms with E-state index in [9.17, 15) is 0 Å². The van der Waals surface area contributed by atoms with Crippen LogP contribution in [0.2, 0.25) is 0 Å². The molecule has 1 aliphatic carbocycles. The summed E-state index contributed by atoms with van der Waals surface area (Å²) >= 11 is 0. The van der Waals surface area contributed by atoms with Gasteiger partial charge in [0, 0.05) is 18.2 Å². The Kier molecular flexibility index (Phi) is 3.56. The molecule has 0 spiro atoms. The highest BCUT2D eigenvalue weighted by atomic mass is 16.5. The van der Waals surface area contributed by atoms with Crippen molar-refractivity contribution in [2.75, 3.05) is 7.11 Å². The van der Waals surface area contributed by atoms with Gasteiger partial charge in [0.2, 0.25) is 11.5 Å². The van der Waals surface area contributed by atoms with Crippen LogP contribution in [0.5, 0.6) is 5.88 Å². The largest absolute Gasteiger partial charge is 0.481 e. The van der Waals surface area contributed by atoms with Gasteiger partial charge >= 0.3 is 0 Å². The van der Waals surface area contributed by atoms with Crippen molar-refractivity contribution in [2.45, 2.75) is 32.1 Å². The van der Waals surface area contributed by atoms with Crippen LogP contribution in [-0.4, -0.2) is 22.5 Å². The van der Waals surface area contributed by atoms with Crippen LogP contribution in [0.4, 0.5) is 0 Å². The Morgan fingerprint density at radius 3 is 2.71 bits per heavy atom. The standard InChI is InChI=1S/C12H18N4O/c1-17-10-7-8-16(12(14)15-10)11(13)9-5-3-2-4-6-9/h7-9,13-14H,2-6H2,1H3. The first kappa shape index (κ1) is 11.8. The maximum Gasteiger partial charge on any atom is 0.230 e. The summed E-state index contributed by atoms with van der Waals surface area (Å²) in [5, 5.41) is 15.9. The summed E-state index contributed by atoms with van der Waals surface area (Å²) in [5.74, 6) is 1.18. The van der Waals surface area contributed by atoms with Crippen LogP contribution < -0.4 is 10.4 Å². The Balaban J connectivity index is 2.21. The highest BCUT2D eigenvalue weighted by Crippen LogP contribution is 2.24. The van der Waals surface area contributed by atoms with Crippen molar-refractivity contribution in [3.8, 4) is 5.88 Å². The molecule has 0 saturated heterocycles. The Bertz CT molecular complexity index is 460. The van der Waals surface area contributed by atoms with Crippen molar-refractivity contribution in [1.29, 1.82) is 10.8 Å². The first-order chi connectivity index (χ1) is 8.22. The molecule has 5 heteroatoms. The minimum absolute atomic E-state index is 0.0694. The number of nitrogens with zero attached hydrogens (tertiary/aromatic N) is 2. The summed E-state index contributed by atoms with van der Waals surface area (Å²) in [4.78, 5) is 3.97. The smallest absolute Gasteiger partial charge is 0.230 e. The fourth-order valence-corrected chi connectivity index (χ4v) is 2.29. The molecule has 0 atom stereocenters. The first-order valence-corrected chi connectivity index (χ1v) is 5.99. The second-order valence-corrected chi connectivity index (χ2v) is 4.38. The van der Waals surface area contributed by atoms with Crippen LogP contribution in [0.3, 0.4) is 0 Å². The highest BCUT2D eigenvalue weighted by Gasteiger charge is 2.19. The zero-order valence-electron chi connectivity index (χ0n) is 10.1. The van der Waals surface area contributed by atoms with E-state index in [1.165, 1.54) is 26.4 Å². The predicted octanol–water partition coefficient (Wildman–Crippen LogP) is 1.78. The zero-order valence-corrected chi connectivity index (χ0v) is 10.1. The molecule has 1 aliphatic rings. The van der Waals surface area contributed by atoms with E-state index in [2.05, 4.69) is 4.98 Å². The number of methoxy groups -OCH3 is 1. The third kappa shape index (κ3) is 2.54. The quantitative estimate of drug-likeness (QED) is 0.604. The van der Waals surface area contributed by atoms with E-state index in [4.69, 9.17) is 15.6 Å². The van der Waals surface area contributed by atoms with Gasteiger partial charge in [-0.2, -0.15) is 4.98 Å². The minimum atomic E-state index is 0.0694. The Hall–Kier alpha value is -1.65. The number of rotatable bonds is 2. The molecular formula is C12H18N4O. The monoisotopic (exact) mass is 234 g/mol. The zero-order chi connectivity index (χ0) is 12.3. The average Bonchev–Trinajstić information content (AvgIpc) is 2.39. The summed E-state index contributed by atoms with van der Waals surface area (Å²) in [7, 11) is 1.53. The lowest BCUT2D eigenvalue weighted by Gasteiger charge is -2.23. The van der Waals surface area contributed by atoms with Crippen LogP contribution in [0.25, 0.3) is 0 Å². The lowest BCUT2D eigenvalue weighted by atomic mass is 9.88. The van der Waals surface area contributed by atoms with Gasteiger partial charge in [0.15, 0.2) is 0 Å². The van der Waals surface area contributed by atoms with Gasteiger partial charge < -0.3 is 4.74 Å². The number of aromatic nitrogens is 2. The highest BCUT2D eigenvalue weighted by molar-refractivity contribution is 5.83. The molecule has 0 aromatic carbocycles. The molecule has 17 heavy (non-hydrogen) atoms. The molecule has 0 bridgehead atoms. The maximum absolute atomic E-state index is 8.15. The van der Waals surface area contributed by atoms with Crippen molar-refractivity contribution in [1.82, 2.24) is 9.55 Å². The van der Waals surface area contributed by atoms with Gasteiger partial charge in [-0.25, -0.2) is 0 Å². The third-order valence-corrected chi connectivity index (χ3v) is 3.27. The molecule has 2 rings (SSSR count). The van der Waals surface area contributed by atoms with E-state index in [0.717, 1.165) is 12.8 Å². The lowest BCUT2D eigenvalue weighted by molar-refractivity contribution is 0.391. The van der Waals surface area contributed by atoms with Gasteiger partial charge in [0.25, 0.3) is 0 Å². The van der Waals surface area contributed by atoms with Gasteiger partial charge in [0.1, 0.15) is 5.84 Å². The molecule has 0 radical (unpaired) electrons. The molecule has 2 N–H and O–H groups in total. The summed E-state index contributed by atoms with van der Waals surface area (Å²) in [5.41, 5.74) is 0.0694. The summed E-state index contributed by atoms with van der Waals surface area (Å²) in [6.07, 6.45) is 7.44. The van der Waals surface area contributed by atoms with Crippen LogP contribution in [-0.2, 0) is 0 Å². The Morgan fingerprint density at radius 1 is 1.41 bits per heavy atom. The Morgan fingerprint density at radius 2 is 2.12 bits per heavy atom. The van der Waals surface area contributed by atoms with Crippen molar-refractivity contribution in [3.05, 3.63) is 17.9 Å². The predicted molar refractivity (Wildman–Crippen MR) is 64.3 cm³/mol. The number of hydrogen-bond donors (Lipinski definition) is 2. The number of nitrogens with one attached hydrogen (secondary N) is 2.